The van der Waals surface area contributed by atoms with Gasteiger partial charge in [0.05, 0.1) is 20.6 Å². The summed E-state index contributed by atoms with van der Waals surface area (Å²) in [7, 11) is -3.31. The molecule has 1 heterocycles. The van der Waals surface area contributed by atoms with Gasteiger partial charge < -0.3 is 5.32 Å². The van der Waals surface area contributed by atoms with Gasteiger partial charge in [0, 0.05) is 24.9 Å². The number of carbonyl (C=O) groups is 1. The number of aliphatic imine (C=N–C) groups is 1. The highest BCUT2D eigenvalue weighted by molar-refractivity contribution is 7.90. The first-order valence-electron chi connectivity index (χ1n) is 7.66. The highest BCUT2D eigenvalue weighted by atomic mass is 35.5. The van der Waals surface area contributed by atoms with E-state index in [1.165, 1.54) is 29.2 Å². The van der Waals surface area contributed by atoms with E-state index in [2.05, 4.69) is 10.3 Å². The smallest absolute Gasteiger partial charge is 0.260 e. The third-order valence-electron chi connectivity index (χ3n) is 3.81. The number of amides is 1. The zero-order chi connectivity index (χ0) is 18.9. The summed E-state index contributed by atoms with van der Waals surface area (Å²) in [5, 5.41) is 3.73. The molecule has 2 aromatic rings. The highest BCUT2D eigenvalue weighted by Crippen LogP contribution is 2.32. The van der Waals surface area contributed by atoms with Crippen LogP contribution in [0.2, 0.25) is 10.0 Å². The van der Waals surface area contributed by atoms with Crippen LogP contribution in [0.15, 0.2) is 52.4 Å². The van der Waals surface area contributed by atoms with Gasteiger partial charge in [-0.1, -0.05) is 29.3 Å². The molecule has 136 valence electrons. The molecule has 26 heavy (non-hydrogen) atoms. The number of hydrogen-bond donors (Lipinski definition) is 1. The average Bonchev–Trinajstić information content (AvgIpc) is 3.06. The van der Waals surface area contributed by atoms with Crippen molar-refractivity contribution in [2.75, 3.05) is 19.3 Å². The molecule has 0 bridgehead atoms. The van der Waals surface area contributed by atoms with Crippen molar-refractivity contribution in [3.63, 3.8) is 0 Å². The summed E-state index contributed by atoms with van der Waals surface area (Å²) < 4.78 is 23.1. The van der Waals surface area contributed by atoms with Crippen molar-refractivity contribution in [3.05, 3.63) is 58.1 Å². The molecule has 1 aliphatic rings. The molecule has 1 fully saturated rings. The van der Waals surface area contributed by atoms with Gasteiger partial charge in [0.1, 0.15) is 0 Å². The van der Waals surface area contributed by atoms with Crippen LogP contribution in [0, 0.1) is 0 Å². The van der Waals surface area contributed by atoms with E-state index in [4.69, 9.17) is 23.2 Å². The number of rotatable bonds is 3. The Bertz CT molecular complexity index is 989. The van der Waals surface area contributed by atoms with E-state index in [1.807, 2.05) is 0 Å². The van der Waals surface area contributed by atoms with Crippen molar-refractivity contribution in [3.8, 4) is 0 Å². The van der Waals surface area contributed by atoms with E-state index in [-0.39, 0.29) is 10.8 Å². The van der Waals surface area contributed by atoms with Crippen molar-refractivity contribution >= 4 is 50.6 Å². The fraction of sp³-hybridized carbons (Fsp3) is 0.176. The molecule has 9 heteroatoms. The SMILES string of the molecule is CS(=O)(=O)c1ccc(C(=O)N2CCNC2=Nc2cccc(Cl)c2Cl)cc1. The Morgan fingerprint density at radius 1 is 1.15 bits per heavy atom. The second-order valence-electron chi connectivity index (χ2n) is 5.69. The molecule has 0 atom stereocenters. The van der Waals surface area contributed by atoms with Crippen molar-refractivity contribution < 1.29 is 13.2 Å². The van der Waals surface area contributed by atoms with Gasteiger partial charge >= 0.3 is 0 Å². The van der Waals surface area contributed by atoms with E-state index in [0.29, 0.717) is 40.3 Å². The number of guanidine groups is 1. The van der Waals surface area contributed by atoms with Crippen LogP contribution in [0.1, 0.15) is 10.4 Å². The minimum atomic E-state index is -3.31. The quantitative estimate of drug-likeness (QED) is 0.840. The molecule has 0 aromatic heterocycles. The van der Waals surface area contributed by atoms with Gasteiger partial charge in [-0.15, -0.1) is 0 Å². The van der Waals surface area contributed by atoms with Gasteiger partial charge in [0.2, 0.25) is 5.96 Å². The van der Waals surface area contributed by atoms with Gasteiger partial charge in [-0.2, -0.15) is 0 Å². The van der Waals surface area contributed by atoms with E-state index < -0.39 is 9.84 Å². The summed E-state index contributed by atoms with van der Waals surface area (Å²) in [5.41, 5.74) is 0.819. The van der Waals surface area contributed by atoms with E-state index in [0.717, 1.165) is 6.26 Å². The number of sulfone groups is 1. The molecule has 0 spiro atoms. The average molecular weight is 412 g/mol. The lowest BCUT2D eigenvalue weighted by molar-refractivity contribution is 0.0859. The third-order valence-corrected chi connectivity index (χ3v) is 5.74. The molecule has 0 aliphatic carbocycles. The lowest BCUT2D eigenvalue weighted by Crippen LogP contribution is -2.35. The zero-order valence-electron chi connectivity index (χ0n) is 13.7. The number of nitrogens with one attached hydrogen (secondary N) is 1. The number of nitrogens with zero attached hydrogens (tertiary/aromatic N) is 2. The zero-order valence-corrected chi connectivity index (χ0v) is 16.1. The lowest BCUT2D eigenvalue weighted by Gasteiger charge is -2.16. The standard InChI is InChI=1S/C17H15Cl2N3O3S/c1-26(24,25)12-7-5-11(6-8-12)16(23)22-10-9-20-17(22)21-14-4-2-3-13(18)15(14)19/h2-8H,9-10H2,1H3,(H,20,21). The monoisotopic (exact) mass is 411 g/mol. The summed E-state index contributed by atoms with van der Waals surface area (Å²) >= 11 is 12.1. The van der Waals surface area contributed by atoms with Crippen molar-refractivity contribution in [2.24, 2.45) is 4.99 Å². The topological polar surface area (TPSA) is 78.8 Å². The predicted molar refractivity (Wildman–Crippen MR) is 102 cm³/mol. The van der Waals surface area contributed by atoms with Crippen LogP contribution in [0.4, 0.5) is 5.69 Å². The maximum atomic E-state index is 12.8. The summed E-state index contributed by atoms with van der Waals surface area (Å²) in [6, 6.07) is 10.9. The predicted octanol–water partition coefficient (Wildman–Crippen LogP) is 3.13. The molecule has 0 radical (unpaired) electrons. The Morgan fingerprint density at radius 3 is 2.50 bits per heavy atom. The molecule has 3 rings (SSSR count). The summed E-state index contributed by atoms with van der Waals surface area (Å²) in [5.74, 6) is 0.0818. The van der Waals surface area contributed by atoms with Crippen LogP contribution in [-0.2, 0) is 9.84 Å². The van der Waals surface area contributed by atoms with Crippen molar-refractivity contribution in [1.82, 2.24) is 10.2 Å². The van der Waals surface area contributed by atoms with E-state index in [9.17, 15) is 13.2 Å². The molecule has 6 nitrogen and oxygen atoms in total. The van der Waals surface area contributed by atoms with Gasteiger partial charge in [0.15, 0.2) is 9.84 Å². The molecule has 1 amide bonds. The van der Waals surface area contributed by atoms with Crippen LogP contribution in [-0.4, -0.2) is 44.5 Å². The molecule has 1 aliphatic heterocycles. The Kier molecular flexibility index (Phi) is 5.22. The molecule has 1 N–H and O–H groups in total. The van der Waals surface area contributed by atoms with Crippen molar-refractivity contribution in [1.29, 1.82) is 0 Å². The second kappa shape index (κ2) is 7.26. The first-order valence-corrected chi connectivity index (χ1v) is 10.3. The van der Waals surface area contributed by atoms with Gasteiger partial charge in [-0.05, 0) is 36.4 Å². The second-order valence-corrected chi connectivity index (χ2v) is 8.49. The molecule has 0 saturated carbocycles. The number of hydrogen-bond acceptors (Lipinski definition) is 4. The van der Waals surface area contributed by atoms with Crippen LogP contribution in [0.3, 0.4) is 0 Å². The van der Waals surface area contributed by atoms with Gasteiger partial charge in [-0.3, -0.25) is 9.69 Å². The van der Waals surface area contributed by atoms with Crippen LogP contribution in [0.5, 0.6) is 0 Å². The first kappa shape index (κ1) is 18.7. The summed E-state index contributed by atoms with van der Waals surface area (Å²) in [6.45, 7) is 0.980. The van der Waals surface area contributed by atoms with Crippen LogP contribution < -0.4 is 5.32 Å². The number of halogens is 2. The van der Waals surface area contributed by atoms with Crippen molar-refractivity contribution in [2.45, 2.75) is 4.90 Å². The molecule has 0 unspecified atom stereocenters. The molecule has 2 aromatic carbocycles. The minimum Gasteiger partial charge on any atom is -0.354 e. The fourth-order valence-corrected chi connectivity index (χ4v) is 3.44. The Morgan fingerprint density at radius 2 is 1.85 bits per heavy atom. The Hall–Kier alpha value is -2.09. The van der Waals surface area contributed by atoms with Crippen LogP contribution in [0.25, 0.3) is 0 Å². The maximum absolute atomic E-state index is 12.8. The molecular weight excluding hydrogens is 397 g/mol. The fourth-order valence-electron chi connectivity index (χ4n) is 2.47. The normalized spacial score (nSPS) is 16.0. The minimum absolute atomic E-state index is 0.160. The molecule has 1 saturated heterocycles. The summed E-state index contributed by atoms with van der Waals surface area (Å²) in [6.07, 6.45) is 1.12. The lowest BCUT2D eigenvalue weighted by atomic mass is 10.2. The largest absolute Gasteiger partial charge is 0.354 e. The van der Waals surface area contributed by atoms with E-state index in [1.54, 1.807) is 18.2 Å². The summed E-state index contributed by atoms with van der Waals surface area (Å²) in [4.78, 5) is 18.8. The Balaban J connectivity index is 1.89. The molecular formula is C17H15Cl2N3O3S. The third kappa shape index (κ3) is 3.85. The first-order chi connectivity index (χ1) is 12.3. The highest BCUT2D eigenvalue weighted by Gasteiger charge is 2.26. The number of benzene rings is 2. The van der Waals surface area contributed by atoms with E-state index >= 15 is 0 Å². The number of carbonyl (C=O) groups excluding carboxylic acids is 1. The van der Waals surface area contributed by atoms with Crippen LogP contribution >= 0.6 is 23.2 Å². The maximum Gasteiger partial charge on any atom is 0.260 e. The van der Waals surface area contributed by atoms with Gasteiger partial charge in [0.25, 0.3) is 5.91 Å². The van der Waals surface area contributed by atoms with Gasteiger partial charge in [-0.25, -0.2) is 13.4 Å². The Labute approximate surface area is 161 Å².